The minimum Gasteiger partial charge on any atom is -0.396 e. The normalized spacial score (nSPS) is 15.2. The van der Waals surface area contributed by atoms with Crippen LogP contribution in [0.3, 0.4) is 0 Å². The van der Waals surface area contributed by atoms with Crippen LogP contribution in [0.25, 0.3) is 0 Å². The van der Waals surface area contributed by atoms with E-state index >= 15 is 0 Å². The van der Waals surface area contributed by atoms with Crippen LogP contribution in [0.1, 0.15) is 43.3 Å². The van der Waals surface area contributed by atoms with Gasteiger partial charge in [0.2, 0.25) is 0 Å². The van der Waals surface area contributed by atoms with Crippen molar-refractivity contribution in [3.63, 3.8) is 0 Å². The maximum Gasteiger partial charge on any atom is 0.183 e. The number of nitrogens with zero attached hydrogens (tertiary/aromatic N) is 1. The van der Waals surface area contributed by atoms with Gasteiger partial charge in [0.05, 0.1) is 16.3 Å². The van der Waals surface area contributed by atoms with Crippen molar-refractivity contribution in [2.24, 2.45) is 5.92 Å². The molecule has 1 fully saturated rings. The van der Waals surface area contributed by atoms with E-state index in [2.05, 4.69) is 0 Å². The van der Waals surface area contributed by atoms with Crippen LogP contribution in [0.15, 0.2) is 4.90 Å². The minimum atomic E-state index is -3.45. The molecule has 0 aliphatic heterocycles. The van der Waals surface area contributed by atoms with Gasteiger partial charge in [0.15, 0.2) is 15.6 Å². The number of nitrogen functional groups attached to an aromatic ring is 1. The third kappa shape index (κ3) is 2.94. The summed E-state index contributed by atoms with van der Waals surface area (Å²) in [4.78, 5) is 14.9. The van der Waals surface area contributed by atoms with Gasteiger partial charge in [-0.2, -0.15) is 0 Å². The largest absolute Gasteiger partial charge is 0.396 e. The predicted octanol–water partition coefficient (Wildman–Crippen LogP) is 2.56. The zero-order valence-corrected chi connectivity index (χ0v) is 14.3. The van der Waals surface area contributed by atoms with Gasteiger partial charge in [0, 0.05) is 19.0 Å². The maximum absolute atomic E-state index is 12.4. The summed E-state index contributed by atoms with van der Waals surface area (Å²) in [7, 11) is -3.45. The quantitative estimate of drug-likeness (QED) is 0.777. The molecule has 0 atom stereocenters. The fourth-order valence-electron chi connectivity index (χ4n) is 2.29. The molecule has 5 nitrogen and oxygen atoms in total. The van der Waals surface area contributed by atoms with E-state index in [1.165, 1.54) is 11.3 Å². The average Bonchev–Trinajstić information content (AvgIpc) is 3.24. The van der Waals surface area contributed by atoms with Crippen LogP contribution in [0, 0.1) is 5.92 Å². The first-order valence-electron chi connectivity index (χ1n) is 7.31. The van der Waals surface area contributed by atoms with Gasteiger partial charge in [0.25, 0.3) is 0 Å². The van der Waals surface area contributed by atoms with Gasteiger partial charge in [-0.1, -0.05) is 6.92 Å². The summed E-state index contributed by atoms with van der Waals surface area (Å²) >= 11 is 1.23. The van der Waals surface area contributed by atoms with E-state index in [0.717, 1.165) is 12.8 Å². The second-order valence-corrected chi connectivity index (χ2v) is 8.41. The molecule has 0 radical (unpaired) electrons. The molecule has 21 heavy (non-hydrogen) atoms. The monoisotopic (exact) mass is 330 g/mol. The molecule has 0 unspecified atom stereocenters. The van der Waals surface area contributed by atoms with Crippen molar-refractivity contribution < 1.29 is 13.2 Å². The lowest BCUT2D eigenvalue weighted by Gasteiger charge is -2.20. The van der Waals surface area contributed by atoms with Gasteiger partial charge in [-0.25, -0.2) is 8.42 Å². The van der Waals surface area contributed by atoms with Crippen LogP contribution < -0.4 is 10.6 Å². The summed E-state index contributed by atoms with van der Waals surface area (Å²) < 4.78 is 24.8. The predicted molar refractivity (Wildman–Crippen MR) is 87.1 cm³/mol. The van der Waals surface area contributed by atoms with E-state index in [1.54, 1.807) is 6.92 Å². The maximum atomic E-state index is 12.4. The van der Waals surface area contributed by atoms with Crippen LogP contribution in [-0.4, -0.2) is 33.0 Å². The molecule has 1 aliphatic carbocycles. The van der Waals surface area contributed by atoms with Crippen LogP contribution in [-0.2, 0) is 9.84 Å². The number of ketones is 1. The summed E-state index contributed by atoms with van der Waals surface area (Å²) in [5.74, 6) is 0.0235. The van der Waals surface area contributed by atoms with Crippen molar-refractivity contribution in [2.75, 3.05) is 29.5 Å². The highest BCUT2D eigenvalue weighted by Crippen LogP contribution is 2.45. The molecule has 1 aromatic heterocycles. The Labute approximate surface area is 130 Å². The molecule has 1 aromatic rings. The fourth-order valence-corrected chi connectivity index (χ4v) is 5.25. The highest BCUT2D eigenvalue weighted by Gasteiger charge is 2.36. The number of carbonyl (C=O) groups is 1. The molecule has 0 amide bonds. The summed E-state index contributed by atoms with van der Waals surface area (Å²) in [6.45, 7) is 6.88. The number of anilines is 2. The number of nitrogens with two attached hydrogens (primary N) is 1. The summed E-state index contributed by atoms with van der Waals surface area (Å²) in [6.07, 6.45) is 1.76. The highest BCUT2D eigenvalue weighted by atomic mass is 32.2. The molecule has 1 aliphatic rings. The van der Waals surface area contributed by atoms with E-state index in [-0.39, 0.29) is 28.0 Å². The Kier molecular flexibility index (Phi) is 4.63. The van der Waals surface area contributed by atoms with Crippen molar-refractivity contribution in [3.05, 3.63) is 4.88 Å². The minimum absolute atomic E-state index is 0.00320. The second kappa shape index (κ2) is 5.96. The van der Waals surface area contributed by atoms with Gasteiger partial charge in [0.1, 0.15) is 9.90 Å². The molecular weight excluding hydrogens is 308 g/mol. The van der Waals surface area contributed by atoms with Gasteiger partial charge >= 0.3 is 0 Å². The number of hydrogen-bond acceptors (Lipinski definition) is 6. The molecule has 0 aromatic carbocycles. The Hall–Kier alpha value is -1.08. The first kappa shape index (κ1) is 16.3. The number of Topliss-reactive ketones (excluding diaryl/α,β-unsaturated/α-hetero) is 1. The lowest BCUT2D eigenvalue weighted by molar-refractivity contribution is 0.0972. The van der Waals surface area contributed by atoms with E-state index in [4.69, 9.17) is 5.73 Å². The van der Waals surface area contributed by atoms with Crippen molar-refractivity contribution in [3.8, 4) is 0 Å². The Morgan fingerprint density at radius 3 is 2.29 bits per heavy atom. The first-order chi connectivity index (χ1) is 9.87. The van der Waals surface area contributed by atoms with Crippen molar-refractivity contribution in [2.45, 2.75) is 38.5 Å². The standard InChI is InChI=1S/C14H22N2O3S2/c1-4-16(5-2)14-13(21(18,19)6-3)10(15)12(20-14)11(17)9-7-8-9/h9H,4-8,15H2,1-3H3. The average molecular weight is 330 g/mol. The van der Waals surface area contributed by atoms with Gasteiger partial charge in [-0.05, 0) is 26.7 Å². The van der Waals surface area contributed by atoms with E-state index in [9.17, 15) is 13.2 Å². The van der Waals surface area contributed by atoms with Gasteiger partial charge in [-0.15, -0.1) is 11.3 Å². The van der Waals surface area contributed by atoms with Crippen LogP contribution in [0.2, 0.25) is 0 Å². The van der Waals surface area contributed by atoms with Crippen molar-refractivity contribution in [1.29, 1.82) is 0 Å². The Bertz CT molecular complexity index is 641. The number of rotatable bonds is 7. The Morgan fingerprint density at radius 1 is 1.29 bits per heavy atom. The molecule has 2 N–H and O–H groups in total. The Balaban J connectivity index is 2.62. The van der Waals surface area contributed by atoms with Gasteiger partial charge < -0.3 is 10.6 Å². The smallest absolute Gasteiger partial charge is 0.183 e. The molecule has 7 heteroatoms. The number of carbonyl (C=O) groups excluding carboxylic acids is 1. The third-order valence-electron chi connectivity index (χ3n) is 3.80. The molecular formula is C14H22N2O3S2. The number of hydrogen-bond donors (Lipinski definition) is 1. The lowest BCUT2D eigenvalue weighted by Crippen LogP contribution is -2.23. The third-order valence-corrected chi connectivity index (χ3v) is 7.00. The highest BCUT2D eigenvalue weighted by molar-refractivity contribution is 7.92. The van der Waals surface area contributed by atoms with E-state index < -0.39 is 9.84 Å². The molecule has 1 saturated carbocycles. The summed E-state index contributed by atoms with van der Waals surface area (Å²) in [5.41, 5.74) is 6.22. The number of thiophene rings is 1. The van der Waals surface area contributed by atoms with Gasteiger partial charge in [-0.3, -0.25) is 4.79 Å². The molecule has 0 saturated heterocycles. The second-order valence-electron chi connectivity index (χ2n) is 5.19. The molecule has 2 rings (SSSR count). The summed E-state index contributed by atoms with van der Waals surface area (Å²) in [6, 6.07) is 0. The van der Waals surface area contributed by atoms with Crippen LogP contribution in [0.4, 0.5) is 10.7 Å². The molecule has 1 heterocycles. The topological polar surface area (TPSA) is 80.5 Å². The van der Waals surface area contributed by atoms with Crippen LogP contribution in [0.5, 0.6) is 0 Å². The van der Waals surface area contributed by atoms with E-state index in [0.29, 0.717) is 23.0 Å². The lowest BCUT2D eigenvalue weighted by atomic mass is 10.2. The SMILES string of the molecule is CCN(CC)c1sc(C(=O)C2CC2)c(N)c1S(=O)(=O)CC. The fraction of sp³-hybridized carbons (Fsp3) is 0.643. The first-order valence-corrected chi connectivity index (χ1v) is 9.78. The molecule has 0 bridgehead atoms. The van der Waals surface area contributed by atoms with Crippen molar-refractivity contribution in [1.82, 2.24) is 0 Å². The summed E-state index contributed by atoms with van der Waals surface area (Å²) in [5, 5.41) is 0.614. The van der Waals surface area contributed by atoms with E-state index in [1.807, 2.05) is 18.7 Å². The Morgan fingerprint density at radius 2 is 1.86 bits per heavy atom. The number of sulfone groups is 1. The zero-order chi connectivity index (χ0) is 15.8. The zero-order valence-electron chi connectivity index (χ0n) is 12.7. The van der Waals surface area contributed by atoms with Crippen LogP contribution >= 0.6 is 11.3 Å². The molecule has 0 spiro atoms. The van der Waals surface area contributed by atoms with Crippen molar-refractivity contribution >= 4 is 37.6 Å². The molecule has 118 valence electrons.